The average molecular weight is 424 g/mol. The summed E-state index contributed by atoms with van der Waals surface area (Å²) in [5.74, 6) is 3.29. The molecule has 0 atom stereocenters. The van der Waals surface area contributed by atoms with Crippen LogP contribution in [0.2, 0.25) is 0 Å². The SMILES string of the molecule is COc1ccc(OCc2noc(CSc3nnc(-c4cc(C)cc(C)c4)o3)n2)cc1. The highest BCUT2D eigenvalue weighted by atomic mass is 32.2. The second-order valence-corrected chi connectivity index (χ2v) is 7.53. The first kappa shape index (κ1) is 20.0. The van der Waals surface area contributed by atoms with Gasteiger partial charge in [0, 0.05) is 5.56 Å². The summed E-state index contributed by atoms with van der Waals surface area (Å²) in [4.78, 5) is 4.32. The monoisotopic (exact) mass is 424 g/mol. The molecule has 0 N–H and O–H groups in total. The zero-order valence-electron chi connectivity index (χ0n) is 16.8. The number of ether oxygens (including phenoxy) is 2. The average Bonchev–Trinajstić information content (AvgIpc) is 3.40. The van der Waals surface area contributed by atoms with E-state index in [0.717, 1.165) is 22.4 Å². The molecule has 4 rings (SSSR count). The van der Waals surface area contributed by atoms with E-state index in [1.54, 1.807) is 7.11 Å². The molecule has 9 heteroatoms. The molecule has 154 valence electrons. The summed E-state index contributed by atoms with van der Waals surface area (Å²) in [6.07, 6.45) is 0. The highest BCUT2D eigenvalue weighted by molar-refractivity contribution is 7.98. The molecule has 2 aromatic carbocycles. The van der Waals surface area contributed by atoms with Crippen molar-refractivity contribution in [2.75, 3.05) is 7.11 Å². The molecular weight excluding hydrogens is 404 g/mol. The van der Waals surface area contributed by atoms with Crippen LogP contribution in [-0.2, 0) is 12.4 Å². The minimum atomic E-state index is 0.206. The predicted octanol–water partition coefficient (Wildman–Crippen LogP) is 4.62. The van der Waals surface area contributed by atoms with Crippen molar-refractivity contribution in [3.8, 4) is 23.0 Å². The fourth-order valence-corrected chi connectivity index (χ4v) is 3.43. The zero-order chi connectivity index (χ0) is 20.9. The van der Waals surface area contributed by atoms with Gasteiger partial charge >= 0.3 is 0 Å². The minimum Gasteiger partial charge on any atom is -0.497 e. The van der Waals surface area contributed by atoms with Gasteiger partial charge in [0.25, 0.3) is 5.22 Å². The normalized spacial score (nSPS) is 10.9. The first-order valence-corrected chi connectivity index (χ1v) is 10.2. The quantitative estimate of drug-likeness (QED) is 0.375. The van der Waals surface area contributed by atoms with Gasteiger partial charge in [0.15, 0.2) is 6.61 Å². The Balaban J connectivity index is 1.31. The number of aromatic nitrogens is 4. The van der Waals surface area contributed by atoms with Gasteiger partial charge in [-0.2, -0.15) is 4.98 Å². The minimum absolute atomic E-state index is 0.206. The van der Waals surface area contributed by atoms with Crippen LogP contribution < -0.4 is 9.47 Å². The number of aryl methyl sites for hydroxylation is 2. The molecule has 2 heterocycles. The van der Waals surface area contributed by atoms with Gasteiger partial charge in [0.1, 0.15) is 11.5 Å². The van der Waals surface area contributed by atoms with E-state index in [1.807, 2.05) is 50.2 Å². The van der Waals surface area contributed by atoms with Crippen LogP contribution in [-0.4, -0.2) is 27.4 Å². The summed E-state index contributed by atoms with van der Waals surface area (Å²) in [5, 5.41) is 12.6. The number of hydrogen-bond donors (Lipinski definition) is 0. The van der Waals surface area contributed by atoms with E-state index in [0.29, 0.717) is 34.3 Å². The summed E-state index contributed by atoms with van der Waals surface area (Å²) in [5.41, 5.74) is 3.20. The van der Waals surface area contributed by atoms with Crippen LogP contribution in [0.25, 0.3) is 11.5 Å². The Morgan fingerprint density at radius 2 is 1.70 bits per heavy atom. The third kappa shape index (κ3) is 4.98. The van der Waals surface area contributed by atoms with Crippen LogP contribution >= 0.6 is 11.8 Å². The summed E-state index contributed by atoms with van der Waals surface area (Å²) in [7, 11) is 1.62. The second-order valence-electron chi connectivity index (χ2n) is 6.61. The smallest absolute Gasteiger partial charge is 0.277 e. The highest BCUT2D eigenvalue weighted by Gasteiger charge is 2.13. The molecule has 0 spiro atoms. The molecule has 8 nitrogen and oxygen atoms in total. The third-order valence-electron chi connectivity index (χ3n) is 4.13. The second kappa shape index (κ2) is 9.00. The Labute approximate surface area is 177 Å². The molecule has 0 saturated heterocycles. The summed E-state index contributed by atoms with van der Waals surface area (Å²) in [6.45, 7) is 4.28. The van der Waals surface area contributed by atoms with Crippen molar-refractivity contribution in [2.24, 2.45) is 0 Å². The number of nitrogens with zero attached hydrogens (tertiary/aromatic N) is 4. The molecule has 0 fully saturated rings. The van der Waals surface area contributed by atoms with Crippen LogP contribution in [0.15, 0.2) is 56.6 Å². The largest absolute Gasteiger partial charge is 0.497 e. The first-order valence-electron chi connectivity index (χ1n) is 9.22. The maximum Gasteiger partial charge on any atom is 0.277 e. The van der Waals surface area contributed by atoms with Crippen LogP contribution in [0.4, 0.5) is 0 Å². The van der Waals surface area contributed by atoms with E-state index in [9.17, 15) is 0 Å². The fourth-order valence-electron chi connectivity index (χ4n) is 2.83. The van der Waals surface area contributed by atoms with Crippen molar-refractivity contribution in [1.29, 1.82) is 0 Å². The van der Waals surface area contributed by atoms with E-state index < -0.39 is 0 Å². The molecule has 30 heavy (non-hydrogen) atoms. The van der Waals surface area contributed by atoms with Gasteiger partial charge in [-0.1, -0.05) is 34.1 Å². The van der Waals surface area contributed by atoms with Crippen LogP contribution in [0, 0.1) is 13.8 Å². The van der Waals surface area contributed by atoms with Crippen LogP contribution in [0.5, 0.6) is 11.5 Å². The van der Waals surface area contributed by atoms with Crippen molar-refractivity contribution in [2.45, 2.75) is 31.4 Å². The number of benzene rings is 2. The lowest BCUT2D eigenvalue weighted by Crippen LogP contribution is -1.97. The third-order valence-corrected chi connectivity index (χ3v) is 4.93. The van der Waals surface area contributed by atoms with Gasteiger partial charge in [-0.3, -0.25) is 0 Å². The van der Waals surface area contributed by atoms with Gasteiger partial charge < -0.3 is 18.4 Å². The Morgan fingerprint density at radius 3 is 2.43 bits per heavy atom. The summed E-state index contributed by atoms with van der Waals surface area (Å²) < 4.78 is 21.8. The molecule has 4 aromatic rings. The van der Waals surface area contributed by atoms with E-state index in [1.165, 1.54) is 11.8 Å². The maximum absolute atomic E-state index is 5.75. The van der Waals surface area contributed by atoms with Crippen molar-refractivity contribution < 1.29 is 18.4 Å². The fraction of sp³-hybridized carbons (Fsp3) is 0.238. The summed E-state index contributed by atoms with van der Waals surface area (Å²) >= 11 is 1.34. The Bertz CT molecular complexity index is 1100. The van der Waals surface area contributed by atoms with E-state index >= 15 is 0 Å². The lowest BCUT2D eigenvalue weighted by Gasteiger charge is -2.04. The van der Waals surface area contributed by atoms with Crippen molar-refractivity contribution in [1.82, 2.24) is 20.3 Å². The zero-order valence-corrected chi connectivity index (χ0v) is 17.6. The Hall–Kier alpha value is -3.33. The van der Waals surface area contributed by atoms with Gasteiger partial charge in [-0.05, 0) is 50.2 Å². The summed E-state index contributed by atoms with van der Waals surface area (Å²) in [6, 6.07) is 13.4. The standard InChI is InChI=1S/C21H20N4O4S/c1-13-8-14(2)10-15(9-13)20-23-24-21(28-20)30-12-19-22-18(25-29-19)11-27-17-6-4-16(26-3)5-7-17/h4-10H,11-12H2,1-3H3. The molecule has 0 radical (unpaired) electrons. The van der Waals surface area contributed by atoms with Crippen molar-refractivity contribution in [3.05, 3.63) is 65.3 Å². The first-order chi connectivity index (χ1) is 14.6. The van der Waals surface area contributed by atoms with Crippen LogP contribution in [0.1, 0.15) is 22.8 Å². The number of methoxy groups -OCH3 is 1. The van der Waals surface area contributed by atoms with Gasteiger partial charge in [-0.25, -0.2) is 0 Å². The van der Waals surface area contributed by atoms with E-state index in [4.69, 9.17) is 18.4 Å². The predicted molar refractivity (Wildman–Crippen MR) is 110 cm³/mol. The van der Waals surface area contributed by atoms with Crippen molar-refractivity contribution >= 4 is 11.8 Å². The lowest BCUT2D eigenvalue weighted by molar-refractivity contribution is 0.285. The molecule has 2 aromatic heterocycles. The maximum atomic E-state index is 5.75. The lowest BCUT2D eigenvalue weighted by atomic mass is 10.1. The van der Waals surface area contributed by atoms with E-state index in [-0.39, 0.29) is 6.61 Å². The number of rotatable bonds is 8. The molecular formula is C21H20N4O4S. The molecule has 0 unspecified atom stereocenters. The molecule has 0 bridgehead atoms. The number of hydrogen-bond acceptors (Lipinski definition) is 9. The molecule has 0 amide bonds. The molecule has 0 saturated carbocycles. The van der Waals surface area contributed by atoms with Gasteiger partial charge in [0.2, 0.25) is 17.6 Å². The topological polar surface area (TPSA) is 96.3 Å². The van der Waals surface area contributed by atoms with E-state index in [2.05, 4.69) is 26.4 Å². The van der Waals surface area contributed by atoms with Crippen molar-refractivity contribution in [3.63, 3.8) is 0 Å². The van der Waals surface area contributed by atoms with Gasteiger partial charge in [0.05, 0.1) is 12.9 Å². The van der Waals surface area contributed by atoms with Crippen LogP contribution in [0.3, 0.4) is 0 Å². The number of thioether (sulfide) groups is 1. The molecule has 0 aliphatic rings. The molecule has 0 aliphatic carbocycles. The highest BCUT2D eigenvalue weighted by Crippen LogP contribution is 2.26. The molecule has 0 aliphatic heterocycles. The Kier molecular flexibility index (Phi) is 5.99. The van der Waals surface area contributed by atoms with Gasteiger partial charge in [-0.15, -0.1) is 10.2 Å². The Morgan fingerprint density at radius 1 is 0.967 bits per heavy atom.